The van der Waals surface area contributed by atoms with Crippen molar-refractivity contribution in [2.75, 3.05) is 10.6 Å². The Kier molecular flexibility index (Phi) is 8.48. The number of imidazole rings is 1. The van der Waals surface area contributed by atoms with Crippen LogP contribution in [-0.4, -0.2) is 42.7 Å². The van der Waals surface area contributed by atoms with E-state index in [9.17, 15) is 14.3 Å². The van der Waals surface area contributed by atoms with Gasteiger partial charge in [0.25, 0.3) is 0 Å². The number of carbonyl (C=O) groups excluding carboxylic acids is 1. The largest absolute Gasteiger partial charge is 0.393 e. The lowest BCUT2D eigenvalue weighted by Gasteiger charge is -2.26. The number of halogens is 3. The van der Waals surface area contributed by atoms with E-state index in [0.717, 1.165) is 25.7 Å². The predicted octanol–water partition coefficient (Wildman–Crippen LogP) is 5.34. The standard InChI is InChI=1S/C24H30Cl2FN7O2/c1-2-4-15(7-8-20(28)36)34-22-19(12-29-23(33-22)30-14-5-3-6-16(35)11-14)31-24(34)32-21-17(26)9-13(25)10-18(21)27/h9-10,12,14-16,35H,2-8,11H2,1H3,(H2,28,36)(H,31,32)(H,29,30,33)/t14-,15+,16+/m0/s1. The van der Waals surface area contributed by atoms with Gasteiger partial charge in [-0.05, 0) is 50.7 Å². The van der Waals surface area contributed by atoms with E-state index in [4.69, 9.17) is 33.9 Å². The summed E-state index contributed by atoms with van der Waals surface area (Å²) < 4.78 is 16.6. The van der Waals surface area contributed by atoms with Crippen LogP contribution in [0.2, 0.25) is 10.0 Å². The van der Waals surface area contributed by atoms with E-state index >= 15 is 0 Å². The lowest BCUT2D eigenvalue weighted by molar-refractivity contribution is -0.118. The minimum Gasteiger partial charge on any atom is -0.393 e. The number of aromatic nitrogens is 4. The second kappa shape index (κ2) is 11.6. The third kappa shape index (κ3) is 6.16. The van der Waals surface area contributed by atoms with Crippen LogP contribution >= 0.6 is 23.2 Å². The minimum atomic E-state index is -0.625. The summed E-state index contributed by atoms with van der Waals surface area (Å²) in [6.07, 6.45) is 6.69. The molecule has 5 N–H and O–H groups in total. The Morgan fingerprint density at radius 2 is 2.11 bits per heavy atom. The van der Waals surface area contributed by atoms with Crippen LogP contribution < -0.4 is 16.4 Å². The number of hydrogen-bond acceptors (Lipinski definition) is 7. The van der Waals surface area contributed by atoms with Crippen LogP contribution in [0, 0.1) is 5.82 Å². The van der Waals surface area contributed by atoms with E-state index < -0.39 is 11.7 Å². The van der Waals surface area contributed by atoms with Crippen molar-refractivity contribution in [1.29, 1.82) is 0 Å². The summed E-state index contributed by atoms with van der Waals surface area (Å²) in [4.78, 5) is 25.4. The summed E-state index contributed by atoms with van der Waals surface area (Å²) >= 11 is 12.2. The first-order chi connectivity index (χ1) is 17.2. The molecule has 0 saturated heterocycles. The lowest BCUT2D eigenvalue weighted by atomic mass is 9.93. The highest BCUT2D eigenvalue weighted by atomic mass is 35.5. The van der Waals surface area contributed by atoms with Crippen LogP contribution in [-0.2, 0) is 4.79 Å². The van der Waals surface area contributed by atoms with Crippen molar-refractivity contribution in [3.8, 4) is 0 Å². The van der Waals surface area contributed by atoms with E-state index in [0.29, 0.717) is 42.3 Å². The number of anilines is 3. The van der Waals surface area contributed by atoms with Crippen molar-refractivity contribution in [3.63, 3.8) is 0 Å². The molecule has 1 aromatic carbocycles. The number of rotatable bonds is 10. The molecular formula is C24H30Cl2FN7O2. The molecule has 3 aromatic rings. The van der Waals surface area contributed by atoms with Crippen LogP contribution in [0.5, 0.6) is 0 Å². The Balaban J connectivity index is 1.77. The Labute approximate surface area is 218 Å². The molecule has 0 radical (unpaired) electrons. The van der Waals surface area contributed by atoms with Crippen molar-refractivity contribution in [3.05, 3.63) is 34.2 Å². The minimum absolute atomic E-state index is 0.0327. The number of nitrogens with zero attached hydrogens (tertiary/aromatic N) is 4. The number of amides is 1. The molecule has 1 saturated carbocycles. The van der Waals surface area contributed by atoms with Gasteiger partial charge >= 0.3 is 0 Å². The van der Waals surface area contributed by atoms with Crippen molar-refractivity contribution in [2.45, 2.75) is 76.5 Å². The summed E-state index contributed by atoms with van der Waals surface area (Å²) in [6, 6.07) is 2.48. The van der Waals surface area contributed by atoms with Gasteiger partial charge in [0.15, 0.2) is 5.65 Å². The molecule has 2 aromatic heterocycles. The zero-order chi connectivity index (χ0) is 25.8. The number of aliphatic hydroxyl groups excluding tert-OH is 1. The Hall–Kier alpha value is -2.69. The zero-order valence-electron chi connectivity index (χ0n) is 20.0. The molecule has 1 aliphatic rings. The Morgan fingerprint density at radius 1 is 1.31 bits per heavy atom. The number of aliphatic hydroxyl groups is 1. The summed E-state index contributed by atoms with van der Waals surface area (Å²) in [6.45, 7) is 2.04. The van der Waals surface area contributed by atoms with Gasteiger partial charge in [-0.15, -0.1) is 0 Å². The van der Waals surface area contributed by atoms with Crippen LogP contribution in [0.25, 0.3) is 11.2 Å². The van der Waals surface area contributed by atoms with Gasteiger partial charge in [-0.3, -0.25) is 9.36 Å². The number of fused-ring (bicyclic) bond motifs is 1. The maximum absolute atomic E-state index is 14.8. The first-order valence-electron chi connectivity index (χ1n) is 12.1. The van der Waals surface area contributed by atoms with Gasteiger partial charge in [0.05, 0.1) is 23.0 Å². The third-order valence-electron chi connectivity index (χ3n) is 6.37. The molecule has 0 unspecified atom stereocenters. The molecular weight excluding hydrogens is 508 g/mol. The summed E-state index contributed by atoms with van der Waals surface area (Å²) in [5, 5.41) is 16.6. The molecule has 2 heterocycles. The quantitative estimate of drug-likeness (QED) is 0.274. The highest BCUT2D eigenvalue weighted by Crippen LogP contribution is 2.35. The number of hydrogen-bond donors (Lipinski definition) is 4. The van der Waals surface area contributed by atoms with Crippen LogP contribution in [0.15, 0.2) is 18.3 Å². The SMILES string of the molecule is CCC[C@H](CCC(N)=O)n1c(Nc2c(F)cc(Cl)cc2Cl)nc2cnc(N[C@H]3CCC[C@@H](O)C3)nc21. The molecule has 0 spiro atoms. The number of primary amides is 1. The summed E-state index contributed by atoms with van der Waals surface area (Å²) in [5.41, 5.74) is 6.50. The lowest BCUT2D eigenvalue weighted by Crippen LogP contribution is -2.30. The molecule has 1 amide bonds. The Bertz CT molecular complexity index is 1220. The van der Waals surface area contributed by atoms with E-state index in [-0.39, 0.29) is 40.3 Å². The smallest absolute Gasteiger partial charge is 0.224 e. The Morgan fingerprint density at radius 3 is 2.81 bits per heavy atom. The number of carbonyl (C=O) groups is 1. The first kappa shape index (κ1) is 26.4. The van der Waals surface area contributed by atoms with Crippen LogP contribution in [0.3, 0.4) is 0 Å². The van der Waals surface area contributed by atoms with E-state index in [1.165, 1.54) is 12.1 Å². The van der Waals surface area contributed by atoms with Gasteiger partial charge in [-0.25, -0.2) is 14.4 Å². The molecule has 36 heavy (non-hydrogen) atoms. The van der Waals surface area contributed by atoms with E-state index in [1.54, 1.807) is 6.20 Å². The summed E-state index contributed by atoms with van der Waals surface area (Å²) in [5.74, 6) is -0.306. The molecule has 194 valence electrons. The maximum Gasteiger partial charge on any atom is 0.224 e. The monoisotopic (exact) mass is 537 g/mol. The van der Waals surface area contributed by atoms with Gasteiger partial charge in [0.2, 0.25) is 17.8 Å². The van der Waals surface area contributed by atoms with Gasteiger partial charge in [0, 0.05) is 23.5 Å². The number of nitrogens with one attached hydrogen (secondary N) is 2. The first-order valence-corrected chi connectivity index (χ1v) is 12.9. The molecule has 12 heteroatoms. The van der Waals surface area contributed by atoms with Crippen molar-refractivity contribution in [1.82, 2.24) is 19.5 Å². The van der Waals surface area contributed by atoms with Crippen LogP contribution in [0.1, 0.15) is 64.3 Å². The van der Waals surface area contributed by atoms with Crippen LogP contribution in [0.4, 0.5) is 22.0 Å². The van der Waals surface area contributed by atoms with Crippen molar-refractivity contribution in [2.24, 2.45) is 5.73 Å². The van der Waals surface area contributed by atoms with Crippen molar-refractivity contribution >= 4 is 57.9 Å². The molecule has 1 aliphatic carbocycles. The molecule has 0 bridgehead atoms. The second-order valence-corrected chi connectivity index (χ2v) is 10.0. The number of nitrogens with two attached hydrogens (primary N) is 1. The predicted molar refractivity (Wildman–Crippen MR) is 139 cm³/mol. The zero-order valence-corrected chi connectivity index (χ0v) is 21.5. The average Bonchev–Trinajstić information content (AvgIpc) is 3.16. The van der Waals surface area contributed by atoms with Crippen molar-refractivity contribution < 1.29 is 14.3 Å². The normalized spacial score (nSPS) is 18.8. The molecule has 9 nitrogen and oxygen atoms in total. The third-order valence-corrected chi connectivity index (χ3v) is 6.88. The highest BCUT2D eigenvalue weighted by Gasteiger charge is 2.25. The second-order valence-electron chi connectivity index (χ2n) is 9.19. The van der Waals surface area contributed by atoms with E-state index in [2.05, 4.69) is 20.6 Å². The fraction of sp³-hybridized carbons (Fsp3) is 0.500. The van der Waals surface area contributed by atoms with Gasteiger partial charge < -0.3 is 21.5 Å². The molecule has 1 fully saturated rings. The van der Waals surface area contributed by atoms with Gasteiger partial charge in [0.1, 0.15) is 11.3 Å². The number of benzene rings is 1. The molecule has 4 rings (SSSR count). The maximum atomic E-state index is 14.8. The van der Waals surface area contributed by atoms with E-state index in [1.807, 2.05) is 11.5 Å². The molecule has 0 aliphatic heterocycles. The summed E-state index contributed by atoms with van der Waals surface area (Å²) in [7, 11) is 0. The average molecular weight is 538 g/mol. The van der Waals surface area contributed by atoms with Gasteiger partial charge in [-0.1, -0.05) is 36.5 Å². The highest BCUT2D eigenvalue weighted by molar-refractivity contribution is 6.36. The topological polar surface area (TPSA) is 131 Å². The fourth-order valence-corrected chi connectivity index (χ4v) is 5.21. The fourth-order valence-electron chi connectivity index (χ4n) is 4.69. The van der Waals surface area contributed by atoms with Gasteiger partial charge in [-0.2, -0.15) is 4.98 Å². The molecule has 3 atom stereocenters.